The molecule has 0 fully saturated rings. The first kappa shape index (κ1) is 26.6. The molecule has 0 spiro atoms. The molecule has 1 atom stereocenters. The number of Topliss-reactive ketones (excluding diaryl/α,β-unsaturated/α-hetero) is 1. The predicted molar refractivity (Wildman–Crippen MR) is 147 cm³/mol. The standard InChI is InChI=1S/C26H28BrClN4O3S/c1-5-6-11-36-26-30-25-29-15(2)22(16(3)33)23(32(25)31-26)18-12-20(27)24(21(13-18)34-4)35-14-17-7-9-19(28)10-8-17/h7-10,12-13,23H,5-6,11,14H2,1-4H3,(H,29,30,31). The van der Waals surface area contributed by atoms with Crippen LogP contribution in [0.4, 0.5) is 5.95 Å². The van der Waals surface area contributed by atoms with E-state index in [1.165, 1.54) is 0 Å². The molecule has 7 nitrogen and oxygen atoms in total. The van der Waals surface area contributed by atoms with Crippen LogP contribution in [0.3, 0.4) is 0 Å². The van der Waals surface area contributed by atoms with Crippen LogP contribution in [-0.2, 0) is 11.4 Å². The number of rotatable bonds is 10. The van der Waals surface area contributed by atoms with E-state index in [1.807, 2.05) is 43.3 Å². The third-order valence-electron chi connectivity index (χ3n) is 5.81. The number of methoxy groups -OCH3 is 1. The van der Waals surface area contributed by atoms with E-state index in [-0.39, 0.29) is 5.78 Å². The van der Waals surface area contributed by atoms with Crippen molar-refractivity contribution in [2.24, 2.45) is 0 Å². The summed E-state index contributed by atoms with van der Waals surface area (Å²) < 4.78 is 14.3. The Morgan fingerprint density at radius 1 is 1.28 bits per heavy atom. The van der Waals surface area contributed by atoms with Crippen molar-refractivity contribution in [2.75, 3.05) is 18.2 Å². The van der Waals surface area contributed by atoms with Gasteiger partial charge in [0.15, 0.2) is 17.3 Å². The van der Waals surface area contributed by atoms with Crippen LogP contribution in [0.2, 0.25) is 5.02 Å². The van der Waals surface area contributed by atoms with Gasteiger partial charge in [-0.05, 0) is 71.6 Å². The van der Waals surface area contributed by atoms with Crippen molar-refractivity contribution in [1.29, 1.82) is 0 Å². The molecule has 0 bridgehead atoms. The van der Waals surface area contributed by atoms with Crippen LogP contribution in [0, 0.1) is 0 Å². The second-order valence-corrected chi connectivity index (χ2v) is 10.8. The molecule has 0 radical (unpaired) electrons. The number of unbranched alkanes of at least 4 members (excludes halogenated alkanes) is 1. The number of hydrogen-bond acceptors (Lipinski definition) is 7. The van der Waals surface area contributed by atoms with Gasteiger partial charge in [0, 0.05) is 22.0 Å². The minimum absolute atomic E-state index is 0.0375. The molecule has 3 aromatic rings. The molecule has 190 valence electrons. The predicted octanol–water partition coefficient (Wildman–Crippen LogP) is 7.05. The molecule has 4 rings (SSSR count). The van der Waals surface area contributed by atoms with Crippen molar-refractivity contribution in [3.63, 3.8) is 0 Å². The molecule has 0 saturated heterocycles. The van der Waals surface area contributed by atoms with E-state index in [9.17, 15) is 4.79 Å². The van der Waals surface area contributed by atoms with Crippen LogP contribution in [-0.4, -0.2) is 33.4 Å². The molecule has 10 heteroatoms. The summed E-state index contributed by atoms with van der Waals surface area (Å²) in [5.74, 6) is 2.64. The number of ketones is 1. The van der Waals surface area contributed by atoms with E-state index in [0.717, 1.165) is 35.4 Å². The van der Waals surface area contributed by atoms with Crippen molar-refractivity contribution in [3.05, 3.63) is 68.3 Å². The van der Waals surface area contributed by atoms with E-state index < -0.39 is 6.04 Å². The van der Waals surface area contributed by atoms with Crippen molar-refractivity contribution < 1.29 is 14.3 Å². The summed E-state index contributed by atoms with van der Waals surface area (Å²) in [5, 5.41) is 9.37. The Labute approximate surface area is 228 Å². The number of hydrogen-bond donors (Lipinski definition) is 1. The monoisotopic (exact) mass is 590 g/mol. The van der Waals surface area contributed by atoms with Crippen LogP contribution in [0.5, 0.6) is 11.5 Å². The Balaban J connectivity index is 1.71. The maximum absolute atomic E-state index is 12.8. The molecular weight excluding hydrogens is 564 g/mol. The molecule has 1 aliphatic rings. The summed E-state index contributed by atoms with van der Waals surface area (Å²) in [5.41, 5.74) is 3.20. The lowest BCUT2D eigenvalue weighted by atomic mass is 9.93. The average molecular weight is 592 g/mol. The number of ether oxygens (including phenoxy) is 2. The van der Waals surface area contributed by atoms with E-state index in [2.05, 4.69) is 33.2 Å². The van der Waals surface area contributed by atoms with Gasteiger partial charge < -0.3 is 14.8 Å². The lowest BCUT2D eigenvalue weighted by Crippen LogP contribution is -2.28. The number of halogens is 2. The van der Waals surface area contributed by atoms with Crippen LogP contribution in [0.1, 0.15) is 50.8 Å². The fourth-order valence-electron chi connectivity index (χ4n) is 4.04. The number of benzene rings is 2. The first-order valence-corrected chi connectivity index (χ1v) is 13.8. The number of carbonyl (C=O) groups excluding carboxylic acids is 1. The molecule has 1 aliphatic heterocycles. The molecule has 1 aromatic heterocycles. The van der Waals surface area contributed by atoms with E-state index in [4.69, 9.17) is 26.2 Å². The van der Waals surface area contributed by atoms with Gasteiger partial charge in [0.25, 0.3) is 0 Å². The zero-order chi connectivity index (χ0) is 25.8. The molecule has 0 saturated carbocycles. The molecule has 0 aliphatic carbocycles. The highest BCUT2D eigenvalue weighted by Crippen LogP contribution is 2.43. The van der Waals surface area contributed by atoms with Gasteiger partial charge in [-0.25, -0.2) is 4.68 Å². The summed E-state index contributed by atoms with van der Waals surface area (Å²) in [7, 11) is 1.60. The molecule has 2 aromatic carbocycles. The SMILES string of the molecule is CCCCSc1nc2n(n1)C(c1cc(Br)c(OCc3ccc(Cl)cc3)c(OC)c1)C(C(C)=O)=C(C)N2. The number of carbonyl (C=O) groups is 1. The van der Waals surface area contributed by atoms with Gasteiger partial charge >= 0.3 is 0 Å². The number of nitrogens with zero attached hydrogens (tertiary/aromatic N) is 3. The maximum Gasteiger partial charge on any atom is 0.227 e. The number of fused-ring (bicyclic) bond motifs is 1. The second kappa shape index (κ2) is 11.7. The lowest BCUT2D eigenvalue weighted by Gasteiger charge is -2.28. The van der Waals surface area contributed by atoms with Gasteiger partial charge in [0.05, 0.1) is 11.6 Å². The molecule has 2 heterocycles. The summed E-state index contributed by atoms with van der Waals surface area (Å²) in [6, 6.07) is 10.9. The van der Waals surface area contributed by atoms with Gasteiger partial charge in [0.1, 0.15) is 12.6 Å². The quantitative estimate of drug-likeness (QED) is 0.200. The highest BCUT2D eigenvalue weighted by atomic mass is 79.9. The number of nitrogens with one attached hydrogen (secondary N) is 1. The summed E-state index contributed by atoms with van der Waals surface area (Å²) in [4.78, 5) is 17.4. The van der Waals surface area contributed by atoms with Crippen LogP contribution in [0.25, 0.3) is 0 Å². The minimum atomic E-state index is -0.456. The first-order valence-electron chi connectivity index (χ1n) is 11.6. The van der Waals surface area contributed by atoms with E-state index >= 15 is 0 Å². The third-order valence-corrected chi connectivity index (χ3v) is 7.57. The second-order valence-electron chi connectivity index (χ2n) is 8.44. The van der Waals surface area contributed by atoms with Gasteiger partial charge in [-0.15, -0.1) is 5.10 Å². The minimum Gasteiger partial charge on any atom is -0.493 e. The number of thioether (sulfide) groups is 1. The van der Waals surface area contributed by atoms with Crippen molar-refractivity contribution >= 4 is 51.0 Å². The Kier molecular flexibility index (Phi) is 8.64. The van der Waals surface area contributed by atoms with Gasteiger partial charge in [0.2, 0.25) is 11.1 Å². The Hall–Kier alpha value is -2.49. The summed E-state index contributed by atoms with van der Waals surface area (Å²) in [6.45, 7) is 5.97. The molecule has 1 N–H and O–H groups in total. The van der Waals surface area contributed by atoms with Crippen molar-refractivity contribution in [3.8, 4) is 11.5 Å². The smallest absolute Gasteiger partial charge is 0.227 e. The fourth-order valence-corrected chi connectivity index (χ4v) is 5.65. The Bertz CT molecular complexity index is 1290. The van der Waals surface area contributed by atoms with Crippen molar-refractivity contribution in [1.82, 2.24) is 14.8 Å². The molecule has 1 unspecified atom stereocenters. The topological polar surface area (TPSA) is 78.3 Å². The Morgan fingerprint density at radius 2 is 2.03 bits per heavy atom. The Morgan fingerprint density at radius 3 is 2.69 bits per heavy atom. The lowest BCUT2D eigenvalue weighted by molar-refractivity contribution is -0.114. The molecule has 36 heavy (non-hydrogen) atoms. The van der Waals surface area contributed by atoms with Crippen LogP contribution in [0.15, 0.2) is 57.3 Å². The van der Waals surface area contributed by atoms with E-state index in [1.54, 1.807) is 30.5 Å². The largest absolute Gasteiger partial charge is 0.493 e. The third kappa shape index (κ3) is 5.74. The van der Waals surface area contributed by atoms with Crippen LogP contribution >= 0.6 is 39.3 Å². The highest BCUT2D eigenvalue weighted by Gasteiger charge is 2.33. The zero-order valence-corrected chi connectivity index (χ0v) is 23.8. The highest BCUT2D eigenvalue weighted by molar-refractivity contribution is 9.10. The van der Waals surface area contributed by atoms with Crippen molar-refractivity contribution in [2.45, 2.75) is 51.4 Å². The van der Waals surface area contributed by atoms with Gasteiger partial charge in [-0.1, -0.05) is 48.8 Å². The fraction of sp³-hybridized carbons (Fsp3) is 0.346. The average Bonchev–Trinajstić information content (AvgIpc) is 3.25. The summed E-state index contributed by atoms with van der Waals surface area (Å²) in [6.07, 6.45) is 2.19. The number of allylic oxidation sites excluding steroid dienone is 2. The zero-order valence-electron chi connectivity index (χ0n) is 20.6. The maximum atomic E-state index is 12.8. The number of aromatic nitrogens is 3. The molecular formula is C26H28BrClN4O3S. The van der Waals surface area contributed by atoms with Crippen LogP contribution < -0.4 is 14.8 Å². The first-order chi connectivity index (χ1) is 17.3. The van der Waals surface area contributed by atoms with Gasteiger partial charge in [-0.3, -0.25) is 4.79 Å². The number of anilines is 1. The molecule has 0 amide bonds. The van der Waals surface area contributed by atoms with E-state index in [0.29, 0.717) is 44.3 Å². The normalized spacial score (nSPS) is 14.9. The summed E-state index contributed by atoms with van der Waals surface area (Å²) >= 11 is 11.3. The van der Waals surface area contributed by atoms with Gasteiger partial charge in [-0.2, -0.15) is 4.98 Å².